The van der Waals surface area contributed by atoms with E-state index in [9.17, 15) is 13.2 Å². The maximum atomic E-state index is 13.3. The van der Waals surface area contributed by atoms with Crippen LogP contribution in [-0.4, -0.2) is 88.0 Å². The summed E-state index contributed by atoms with van der Waals surface area (Å²) in [7, 11) is -0.772. The summed E-state index contributed by atoms with van der Waals surface area (Å²) in [5.74, 6) is 0.843. The molecule has 8 nitrogen and oxygen atoms in total. The quantitative estimate of drug-likeness (QED) is 0.624. The highest BCUT2D eigenvalue weighted by Gasteiger charge is 2.36. The van der Waals surface area contributed by atoms with Crippen LogP contribution in [-0.2, 0) is 14.8 Å². The highest BCUT2D eigenvalue weighted by atomic mass is 32.2. The van der Waals surface area contributed by atoms with Crippen LogP contribution in [0.25, 0.3) is 0 Å². The minimum atomic E-state index is -3.73. The second-order valence-electron chi connectivity index (χ2n) is 9.35. The zero-order valence-electron chi connectivity index (χ0n) is 19.9. The number of piperazine rings is 1. The fourth-order valence-corrected chi connectivity index (χ4v) is 7.12. The average Bonchev–Trinajstić information content (AvgIpc) is 2.88. The first-order chi connectivity index (χ1) is 15.9. The highest BCUT2D eigenvalue weighted by molar-refractivity contribution is 7.89. The number of carbonyl (C=O) groups is 1. The molecule has 3 fully saturated rings. The molecule has 1 aliphatic carbocycles. The van der Waals surface area contributed by atoms with Gasteiger partial charge in [-0.1, -0.05) is 19.3 Å². The Morgan fingerprint density at radius 3 is 2.15 bits per heavy atom. The van der Waals surface area contributed by atoms with Gasteiger partial charge in [-0.3, -0.25) is 9.69 Å². The molecule has 9 heteroatoms. The number of carbonyl (C=O) groups excluding carboxylic acids is 1. The van der Waals surface area contributed by atoms with Gasteiger partial charge in [-0.05, 0) is 37.8 Å². The largest absolute Gasteiger partial charge is 0.497 e. The molecule has 2 saturated heterocycles. The van der Waals surface area contributed by atoms with Gasteiger partial charge in [0.2, 0.25) is 15.9 Å². The fourth-order valence-electron chi connectivity index (χ4n) is 5.48. The van der Waals surface area contributed by atoms with E-state index in [0.29, 0.717) is 43.5 Å². The van der Waals surface area contributed by atoms with Gasteiger partial charge in [-0.2, -0.15) is 4.31 Å². The van der Waals surface area contributed by atoms with E-state index >= 15 is 0 Å². The third kappa shape index (κ3) is 5.30. The fraction of sp³-hybridized carbons (Fsp3) is 0.708. The maximum Gasteiger partial charge on any atom is 0.246 e. The van der Waals surface area contributed by atoms with Crippen molar-refractivity contribution in [2.45, 2.75) is 55.9 Å². The van der Waals surface area contributed by atoms with Crippen LogP contribution in [0, 0.1) is 5.92 Å². The van der Waals surface area contributed by atoms with Crippen molar-refractivity contribution in [3.05, 3.63) is 18.2 Å². The number of rotatable bonds is 6. The van der Waals surface area contributed by atoms with Crippen molar-refractivity contribution in [2.75, 3.05) is 53.5 Å². The molecule has 0 radical (unpaired) electrons. The molecule has 0 unspecified atom stereocenters. The summed E-state index contributed by atoms with van der Waals surface area (Å²) >= 11 is 0. The Balaban J connectivity index is 1.33. The molecule has 1 saturated carbocycles. The Labute approximate surface area is 197 Å². The smallest absolute Gasteiger partial charge is 0.246 e. The molecule has 3 aliphatic rings. The van der Waals surface area contributed by atoms with E-state index in [0.717, 1.165) is 26.2 Å². The molecule has 1 amide bonds. The van der Waals surface area contributed by atoms with Gasteiger partial charge in [0.05, 0.1) is 14.2 Å². The van der Waals surface area contributed by atoms with Crippen LogP contribution in [0.3, 0.4) is 0 Å². The Morgan fingerprint density at radius 2 is 1.55 bits per heavy atom. The van der Waals surface area contributed by atoms with Crippen molar-refractivity contribution in [1.29, 1.82) is 0 Å². The zero-order chi connectivity index (χ0) is 23.4. The summed E-state index contributed by atoms with van der Waals surface area (Å²) in [5.41, 5.74) is 0. The first kappa shape index (κ1) is 24.3. The minimum Gasteiger partial charge on any atom is -0.497 e. The first-order valence-corrected chi connectivity index (χ1v) is 13.6. The van der Waals surface area contributed by atoms with E-state index in [-0.39, 0.29) is 16.7 Å². The molecule has 1 aromatic rings. The third-order valence-corrected chi connectivity index (χ3v) is 9.43. The van der Waals surface area contributed by atoms with E-state index in [2.05, 4.69) is 4.90 Å². The maximum absolute atomic E-state index is 13.3. The zero-order valence-corrected chi connectivity index (χ0v) is 20.7. The van der Waals surface area contributed by atoms with E-state index in [4.69, 9.17) is 9.47 Å². The summed E-state index contributed by atoms with van der Waals surface area (Å²) in [4.78, 5) is 17.8. The predicted octanol–water partition coefficient (Wildman–Crippen LogP) is 2.58. The molecule has 0 spiro atoms. The monoisotopic (exact) mass is 479 g/mol. The average molecular weight is 480 g/mol. The first-order valence-electron chi connectivity index (χ1n) is 12.2. The lowest BCUT2D eigenvalue weighted by atomic mass is 9.93. The van der Waals surface area contributed by atoms with Gasteiger partial charge in [0.15, 0.2) is 0 Å². The molecule has 184 valence electrons. The Bertz CT molecular complexity index is 916. The van der Waals surface area contributed by atoms with Gasteiger partial charge in [0.25, 0.3) is 0 Å². The van der Waals surface area contributed by atoms with E-state index in [1.807, 2.05) is 4.90 Å². The van der Waals surface area contributed by atoms with Crippen molar-refractivity contribution in [3.63, 3.8) is 0 Å². The normalized spacial score (nSPS) is 22.3. The van der Waals surface area contributed by atoms with Gasteiger partial charge in [0.1, 0.15) is 16.4 Å². The summed E-state index contributed by atoms with van der Waals surface area (Å²) < 4.78 is 38.5. The van der Waals surface area contributed by atoms with Gasteiger partial charge in [-0.15, -0.1) is 0 Å². The Kier molecular flexibility index (Phi) is 7.81. The standard InChI is InChI=1S/C24H37N3O5S/c1-31-21-8-9-22(32-2)23(18-21)33(29,30)27-12-10-19(11-13-27)24(28)26-16-14-25(15-17-26)20-6-4-3-5-7-20/h8-9,18-20H,3-7,10-17H2,1-2H3. The van der Waals surface area contributed by atoms with Crippen molar-refractivity contribution in [2.24, 2.45) is 5.92 Å². The van der Waals surface area contributed by atoms with Crippen LogP contribution in [0.2, 0.25) is 0 Å². The number of hydrogen-bond acceptors (Lipinski definition) is 6. The molecule has 0 bridgehead atoms. The Morgan fingerprint density at radius 1 is 0.879 bits per heavy atom. The second kappa shape index (κ2) is 10.6. The molecule has 0 atom stereocenters. The molecule has 0 aromatic heterocycles. The van der Waals surface area contributed by atoms with Crippen LogP contribution < -0.4 is 9.47 Å². The number of piperidine rings is 1. The van der Waals surface area contributed by atoms with Crippen LogP contribution in [0.5, 0.6) is 11.5 Å². The number of nitrogens with zero attached hydrogens (tertiary/aromatic N) is 3. The summed E-state index contributed by atoms with van der Waals surface area (Å²) in [6.07, 6.45) is 7.69. The summed E-state index contributed by atoms with van der Waals surface area (Å²) in [6, 6.07) is 5.47. The van der Waals surface area contributed by atoms with Gasteiger partial charge in [0, 0.05) is 57.3 Å². The molecule has 33 heavy (non-hydrogen) atoms. The second-order valence-corrected chi connectivity index (χ2v) is 11.3. The number of methoxy groups -OCH3 is 2. The SMILES string of the molecule is COc1ccc(OC)c(S(=O)(=O)N2CCC(C(=O)N3CCN(C4CCCCC4)CC3)CC2)c1. The highest BCUT2D eigenvalue weighted by Crippen LogP contribution is 2.33. The predicted molar refractivity (Wildman–Crippen MR) is 126 cm³/mol. The van der Waals surface area contributed by atoms with Crippen molar-refractivity contribution < 1.29 is 22.7 Å². The van der Waals surface area contributed by atoms with E-state index < -0.39 is 10.0 Å². The number of hydrogen-bond donors (Lipinski definition) is 0. The molecule has 0 N–H and O–H groups in total. The van der Waals surface area contributed by atoms with Crippen LogP contribution in [0.1, 0.15) is 44.9 Å². The van der Waals surface area contributed by atoms with Crippen molar-refractivity contribution in [3.8, 4) is 11.5 Å². The Hall–Kier alpha value is -1.84. The topological polar surface area (TPSA) is 79.4 Å². The van der Waals surface area contributed by atoms with E-state index in [1.165, 1.54) is 56.7 Å². The minimum absolute atomic E-state index is 0.105. The molecular formula is C24H37N3O5S. The molecule has 2 aliphatic heterocycles. The van der Waals surface area contributed by atoms with Crippen LogP contribution in [0.15, 0.2) is 23.1 Å². The van der Waals surface area contributed by atoms with Gasteiger partial charge in [-0.25, -0.2) is 8.42 Å². The van der Waals surface area contributed by atoms with Gasteiger partial charge >= 0.3 is 0 Å². The lowest BCUT2D eigenvalue weighted by molar-refractivity contribution is -0.139. The number of sulfonamides is 1. The molecule has 1 aromatic carbocycles. The van der Waals surface area contributed by atoms with Gasteiger partial charge < -0.3 is 14.4 Å². The molecule has 4 rings (SSSR count). The third-order valence-electron chi connectivity index (χ3n) is 7.51. The van der Waals surface area contributed by atoms with Crippen molar-refractivity contribution in [1.82, 2.24) is 14.1 Å². The van der Waals surface area contributed by atoms with E-state index in [1.54, 1.807) is 12.1 Å². The lowest BCUT2D eigenvalue weighted by Gasteiger charge is -2.42. The summed E-state index contributed by atoms with van der Waals surface area (Å²) in [6.45, 7) is 4.16. The number of ether oxygens (including phenoxy) is 2. The number of benzene rings is 1. The van der Waals surface area contributed by atoms with Crippen LogP contribution >= 0.6 is 0 Å². The summed E-state index contributed by atoms with van der Waals surface area (Å²) in [5, 5.41) is 0. The lowest BCUT2D eigenvalue weighted by Crippen LogP contribution is -2.54. The molecule has 2 heterocycles. The van der Waals surface area contributed by atoms with Crippen molar-refractivity contribution >= 4 is 15.9 Å². The molecular weight excluding hydrogens is 442 g/mol. The number of amides is 1. The van der Waals surface area contributed by atoms with Crippen LogP contribution in [0.4, 0.5) is 0 Å².